The molecule has 1 spiro atoms. The summed E-state index contributed by atoms with van der Waals surface area (Å²) in [4.78, 5) is 23.9. The Labute approximate surface area is 152 Å². The molecule has 2 aromatic heterocycles. The quantitative estimate of drug-likeness (QED) is 0.845. The smallest absolute Gasteiger partial charge is 0.226 e. The Hall–Kier alpha value is -1.69. The Bertz CT molecular complexity index is 756. The van der Waals surface area contributed by atoms with Gasteiger partial charge in [-0.2, -0.15) is 0 Å². The topological polar surface area (TPSA) is 51.0 Å². The maximum absolute atomic E-state index is 12.7. The van der Waals surface area contributed by atoms with E-state index in [1.54, 1.807) is 11.3 Å². The van der Waals surface area contributed by atoms with Gasteiger partial charge in [0.1, 0.15) is 5.82 Å². The van der Waals surface area contributed by atoms with Crippen LogP contribution in [0.1, 0.15) is 56.0 Å². The molecule has 3 heterocycles. The fourth-order valence-corrected chi connectivity index (χ4v) is 5.31. The van der Waals surface area contributed by atoms with Crippen LogP contribution < -0.4 is 0 Å². The highest BCUT2D eigenvalue weighted by Crippen LogP contribution is 2.66. The second kappa shape index (κ2) is 5.94. The third kappa shape index (κ3) is 2.71. The fraction of sp³-hybridized carbons (Fsp3) is 0.632. The summed E-state index contributed by atoms with van der Waals surface area (Å²) >= 11 is 1.63. The predicted octanol–water partition coefficient (Wildman–Crippen LogP) is 3.28. The van der Waals surface area contributed by atoms with E-state index < -0.39 is 0 Å². The number of rotatable bonds is 4. The molecule has 132 valence electrons. The molecule has 0 radical (unpaired) electrons. The Morgan fingerprint density at radius 2 is 2.12 bits per heavy atom. The van der Waals surface area contributed by atoms with Gasteiger partial charge in [0.25, 0.3) is 0 Å². The minimum Gasteiger partial charge on any atom is -0.342 e. The maximum atomic E-state index is 12.7. The first kappa shape index (κ1) is 15.6. The molecule has 1 aliphatic heterocycles. The van der Waals surface area contributed by atoms with Crippen LogP contribution in [0.15, 0.2) is 23.3 Å². The molecule has 0 bridgehead atoms. The molecule has 1 atom stereocenters. The molecule has 2 saturated carbocycles. The van der Waals surface area contributed by atoms with Crippen molar-refractivity contribution in [2.24, 2.45) is 11.3 Å². The molecule has 1 amide bonds. The van der Waals surface area contributed by atoms with Crippen molar-refractivity contribution in [3.05, 3.63) is 34.8 Å². The van der Waals surface area contributed by atoms with Crippen molar-refractivity contribution in [1.82, 2.24) is 19.4 Å². The molecule has 6 heteroatoms. The number of aromatic nitrogens is 3. The average Bonchev–Trinajstić information content (AvgIpc) is 2.91. The Kier molecular flexibility index (Phi) is 3.69. The molecule has 5 nitrogen and oxygen atoms in total. The van der Waals surface area contributed by atoms with E-state index in [1.807, 2.05) is 11.7 Å². The Morgan fingerprint density at radius 3 is 2.76 bits per heavy atom. The van der Waals surface area contributed by atoms with Crippen LogP contribution in [0, 0.1) is 11.3 Å². The molecule has 3 fully saturated rings. The highest BCUT2D eigenvalue weighted by molar-refractivity contribution is 7.07. The minimum atomic E-state index is 0.351. The van der Waals surface area contributed by atoms with Crippen LogP contribution in [0.3, 0.4) is 0 Å². The number of imidazole rings is 1. The maximum Gasteiger partial charge on any atom is 0.226 e. The van der Waals surface area contributed by atoms with Gasteiger partial charge in [0.2, 0.25) is 5.91 Å². The van der Waals surface area contributed by atoms with E-state index in [9.17, 15) is 4.79 Å². The van der Waals surface area contributed by atoms with Crippen molar-refractivity contribution in [2.75, 3.05) is 13.1 Å². The van der Waals surface area contributed by atoms with Gasteiger partial charge in [0, 0.05) is 42.7 Å². The lowest BCUT2D eigenvalue weighted by molar-refractivity contribution is -0.135. The summed E-state index contributed by atoms with van der Waals surface area (Å²) in [6.45, 7) is 2.57. The summed E-state index contributed by atoms with van der Waals surface area (Å²) in [5, 5.41) is 2.09. The molecule has 2 aromatic rings. The van der Waals surface area contributed by atoms with Gasteiger partial charge in [-0.25, -0.2) is 9.97 Å². The first-order valence-corrected chi connectivity index (χ1v) is 10.4. The molecule has 3 aliphatic rings. The van der Waals surface area contributed by atoms with Crippen molar-refractivity contribution in [3.8, 4) is 0 Å². The van der Waals surface area contributed by atoms with Gasteiger partial charge in [-0.15, -0.1) is 11.3 Å². The van der Waals surface area contributed by atoms with Crippen molar-refractivity contribution < 1.29 is 4.79 Å². The van der Waals surface area contributed by atoms with Crippen LogP contribution in [0.2, 0.25) is 0 Å². The number of hydrogen-bond acceptors (Lipinski definition) is 4. The third-order valence-corrected chi connectivity index (χ3v) is 7.21. The van der Waals surface area contributed by atoms with Gasteiger partial charge in [-0.3, -0.25) is 4.79 Å². The van der Waals surface area contributed by atoms with Gasteiger partial charge < -0.3 is 9.47 Å². The van der Waals surface area contributed by atoms with E-state index in [0.717, 1.165) is 50.4 Å². The number of thiazole rings is 1. The van der Waals surface area contributed by atoms with E-state index in [-0.39, 0.29) is 0 Å². The second-order valence-corrected chi connectivity index (χ2v) is 8.68. The zero-order valence-electron chi connectivity index (χ0n) is 14.4. The molecule has 0 unspecified atom stereocenters. The number of carbonyl (C=O) groups excluding carboxylic acids is 1. The van der Waals surface area contributed by atoms with Gasteiger partial charge in [0.15, 0.2) is 0 Å². The van der Waals surface area contributed by atoms with E-state index in [4.69, 9.17) is 0 Å². The van der Waals surface area contributed by atoms with Gasteiger partial charge in [-0.05, 0) is 37.5 Å². The average molecular weight is 356 g/mol. The third-order valence-electron chi connectivity index (χ3n) is 6.57. The van der Waals surface area contributed by atoms with Crippen LogP contribution >= 0.6 is 11.3 Å². The van der Waals surface area contributed by atoms with Crippen LogP contribution in [0.5, 0.6) is 0 Å². The number of hydrogen-bond donors (Lipinski definition) is 0. The zero-order chi connectivity index (χ0) is 16.9. The number of likely N-dealkylation sites (tertiary alicyclic amines) is 1. The molecule has 2 aliphatic carbocycles. The number of nitrogens with zero attached hydrogens (tertiary/aromatic N) is 4. The van der Waals surface area contributed by atoms with Crippen molar-refractivity contribution in [3.63, 3.8) is 0 Å². The van der Waals surface area contributed by atoms with E-state index in [1.165, 1.54) is 19.3 Å². The second-order valence-electron chi connectivity index (χ2n) is 7.97. The van der Waals surface area contributed by atoms with Gasteiger partial charge in [0.05, 0.1) is 17.7 Å². The highest BCUT2D eigenvalue weighted by Gasteiger charge is 2.61. The predicted molar refractivity (Wildman–Crippen MR) is 96.4 cm³/mol. The molecule has 0 N–H and O–H groups in total. The highest BCUT2D eigenvalue weighted by atomic mass is 32.1. The first-order chi connectivity index (χ1) is 12.3. The molecule has 1 saturated heterocycles. The van der Waals surface area contributed by atoms with Crippen molar-refractivity contribution in [2.45, 2.75) is 51.0 Å². The normalized spacial score (nSPS) is 25.1. The van der Waals surface area contributed by atoms with Crippen molar-refractivity contribution >= 4 is 17.2 Å². The standard InChI is InChI=1S/C19H24N4OS/c24-18(16-10-19(16)4-1-5-19)22-7-2-14(3-8-22)17-20-6-9-23(17)11-15-12-25-13-21-15/h6,9,12-14,16H,1-5,7-8,10-11H2/t16-/m1/s1. The molecular weight excluding hydrogens is 332 g/mol. The zero-order valence-corrected chi connectivity index (χ0v) is 15.2. The summed E-state index contributed by atoms with van der Waals surface area (Å²) in [7, 11) is 0. The lowest BCUT2D eigenvalue weighted by Crippen LogP contribution is -2.40. The molecule has 5 rings (SSSR count). The minimum absolute atomic E-state index is 0.351. The lowest BCUT2D eigenvalue weighted by Gasteiger charge is -2.34. The SMILES string of the molecule is O=C([C@H]1CC12CCC2)N1CCC(c2nccn2Cc2cscn2)CC1. The Morgan fingerprint density at radius 1 is 1.28 bits per heavy atom. The molecule has 0 aromatic carbocycles. The van der Waals surface area contributed by atoms with Crippen LogP contribution in [0.4, 0.5) is 0 Å². The summed E-state index contributed by atoms with van der Waals surface area (Å²) in [6, 6.07) is 0. The number of carbonyl (C=O) groups is 1. The monoisotopic (exact) mass is 356 g/mol. The van der Waals surface area contributed by atoms with Crippen LogP contribution in [-0.4, -0.2) is 38.4 Å². The fourth-order valence-electron chi connectivity index (χ4n) is 4.76. The lowest BCUT2D eigenvalue weighted by atomic mass is 9.79. The van der Waals surface area contributed by atoms with E-state index in [0.29, 0.717) is 23.2 Å². The first-order valence-electron chi connectivity index (χ1n) is 9.42. The number of piperidine rings is 1. The van der Waals surface area contributed by atoms with E-state index >= 15 is 0 Å². The largest absolute Gasteiger partial charge is 0.342 e. The summed E-state index contributed by atoms with van der Waals surface area (Å²) in [5.41, 5.74) is 3.41. The summed E-state index contributed by atoms with van der Waals surface area (Å²) in [6.07, 6.45) is 11.1. The summed E-state index contributed by atoms with van der Waals surface area (Å²) in [5.74, 6) is 2.39. The number of amides is 1. The summed E-state index contributed by atoms with van der Waals surface area (Å²) < 4.78 is 2.22. The van der Waals surface area contributed by atoms with Gasteiger partial charge >= 0.3 is 0 Å². The Balaban J connectivity index is 1.21. The molecule has 25 heavy (non-hydrogen) atoms. The van der Waals surface area contributed by atoms with Crippen molar-refractivity contribution in [1.29, 1.82) is 0 Å². The van der Waals surface area contributed by atoms with Gasteiger partial charge in [-0.1, -0.05) is 6.42 Å². The molecular formula is C19H24N4OS. The van der Waals surface area contributed by atoms with Crippen LogP contribution in [-0.2, 0) is 11.3 Å². The van der Waals surface area contributed by atoms with E-state index in [2.05, 4.69) is 31.0 Å². The van der Waals surface area contributed by atoms with Crippen LogP contribution in [0.25, 0.3) is 0 Å².